The van der Waals surface area contributed by atoms with E-state index in [0.717, 1.165) is 23.1 Å². The Hall–Kier alpha value is -3.99. The summed E-state index contributed by atoms with van der Waals surface area (Å²) in [6, 6.07) is 18.2. The van der Waals surface area contributed by atoms with Crippen LogP contribution in [0, 0.1) is 13.8 Å². The fraction of sp³-hybridized carbons (Fsp3) is 0.194. The van der Waals surface area contributed by atoms with Crippen LogP contribution in [0.25, 0.3) is 11.4 Å². The third-order valence-corrected chi connectivity index (χ3v) is 9.84. The van der Waals surface area contributed by atoms with E-state index in [1.165, 1.54) is 28.0 Å². The summed E-state index contributed by atoms with van der Waals surface area (Å²) < 4.78 is 2.48. The van der Waals surface area contributed by atoms with Crippen molar-refractivity contribution in [3.8, 4) is 0 Å². The van der Waals surface area contributed by atoms with Gasteiger partial charge in [0.2, 0.25) is 5.13 Å². The highest BCUT2D eigenvalue weighted by atomic mass is 35.5. The van der Waals surface area contributed by atoms with Crippen molar-refractivity contribution in [1.82, 2.24) is 19.6 Å². The van der Waals surface area contributed by atoms with E-state index < -0.39 is 17.7 Å². The molecule has 1 N–H and O–H groups in total. The molecule has 1 aliphatic heterocycles. The number of Topliss-reactive ketones (excluding diaryl/α,β-unsaturated/α-hetero) is 1. The Labute approximate surface area is 255 Å². The predicted molar refractivity (Wildman–Crippen MR) is 166 cm³/mol. The number of imidazole rings is 1. The van der Waals surface area contributed by atoms with Crippen LogP contribution in [-0.2, 0) is 21.8 Å². The predicted octanol–water partition coefficient (Wildman–Crippen LogP) is 6.94. The number of aliphatic hydroxyl groups excluding tert-OH is 1. The summed E-state index contributed by atoms with van der Waals surface area (Å²) in [5, 5.41) is 21.2. The van der Waals surface area contributed by atoms with E-state index in [1.807, 2.05) is 85.1 Å². The number of thioether (sulfide) groups is 1. The molecule has 8 nitrogen and oxygen atoms in total. The Balaban J connectivity index is 1.44. The molecule has 0 spiro atoms. The van der Waals surface area contributed by atoms with Crippen molar-refractivity contribution in [2.24, 2.45) is 0 Å². The number of hydrogen-bond acceptors (Lipinski definition) is 8. The van der Waals surface area contributed by atoms with E-state index in [0.29, 0.717) is 32.0 Å². The molecule has 1 aliphatic rings. The molecule has 11 heteroatoms. The quantitative estimate of drug-likeness (QED) is 0.0696. The number of amides is 1. The van der Waals surface area contributed by atoms with Crippen LogP contribution in [0.15, 0.2) is 76.8 Å². The number of fused-ring (bicyclic) bond motifs is 1. The molecule has 1 saturated heterocycles. The van der Waals surface area contributed by atoms with Crippen LogP contribution >= 0.6 is 34.7 Å². The second-order valence-electron chi connectivity index (χ2n) is 9.93. The fourth-order valence-electron chi connectivity index (χ4n) is 5.07. The summed E-state index contributed by atoms with van der Waals surface area (Å²) in [7, 11) is 0. The van der Waals surface area contributed by atoms with Gasteiger partial charge in [0, 0.05) is 17.0 Å². The summed E-state index contributed by atoms with van der Waals surface area (Å²) in [6.45, 7) is 5.80. The second-order valence-corrected chi connectivity index (χ2v) is 12.5. The van der Waals surface area contributed by atoms with Crippen LogP contribution in [-0.4, -0.2) is 36.4 Å². The van der Waals surface area contributed by atoms with Gasteiger partial charge in [-0.1, -0.05) is 90.2 Å². The zero-order valence-electron chi connectivity index (χ0n) is 23.0. The number of nitrogens with zero attached hydrogens (tertiary/aromatic N) is 5. The number of aromatic nitrogens is 4. The van der Waals surface area contributed by atoms with Crippen LogP contribution < -0.4 is 4.90 Å². The van der Waals surface area contributed by atoms with Crippen molar-refractivity contribution < 1.29 is 14.7 Å². The van der Waals surface area contributed by atoms with Crippen LogP contribution in [0.5, 0.6) is 0 Å². The molecule has 0 bridgehead atoms. The molecular formula is C31H26ClN5O3S2. The second kappa shape index (κ2) is 11.4. The van der Waals surface area contributed by atoms with Crippen LogP contribution in [0.2, 0.25) is 5.02 Å². The minimum absolute atomic E-state index is 0.0334. The first-order valence-corrected chi connectivity index (χ1v) is 15.5. The van der Waals surface area contributed by atoms with Crippen molar-refractivity contribution in [1.29, 1.82) is 0 Å². The SMILES string of the molecule is CCc1ccc(C2/C(=C(\O)c3nc4c(C)cccn4c3C)C(=O)C(=O)N2c2nnc(SCc3ccccc3Cl)s2)cc1. The highest BCUT2D eigenvalue weighted by molar-refractivity contribution is 8.00. The molecule has 1 fully saturated rings. The smallest absolute Gasteiger partial charge is 0.301 e. The number of aryl methyl sites for hydroxylation is 3. The summed E-state index contributed by atoms with van der Waals surface area (Å²) in [5.74, 6) is -1.33. The van der Waals surface area contributed by atoms with Gasteiger partial charge in [0.25, 0.3) is 5.78 Å². The van der Waals surface area contributed by atoms with Crippen molar-refractivity contribution in [2.45, 2.75) is 43.3 Å². The van der Waals surface area contributed by atoms with Crippen molar-refractivity contribution >= 4 is 62.9 Å². The highest BCUT2D eigenvalue weighted by Crippen LogP contribution is 2.44. The molecule has 0 saturated carbocycles. The Kier molecular flexibility index (Phi) is 7.61. The standard InChI is InChI=1S/C31H26ClN5O3S2/c1-4-19-11-13-20(14-12-19)25-23(26(38)24-18(3)36-15-7-8-17(2)28(36)33-24)27(39)29(40)37(25)30-34-35-31(42-30)41-16-21-9-5-6-10-22(21)32/h5-15,25,38H,4,16H2,1-3H3/b26-23+. The summed E-state index contributed by atoms with van der Waals surface area (Å²) in [6.07, 6.45) is 2.69. The minimum Gasteiger partial charge on any atom is -0.505 e. The number of ketones is 1. The van der Waals surface area contributed by atoms with Gasteiger partial charge in [-0.3, -0.25) is 14.5 Å². The van der Waals surface area contributed by atoms with E-state index >= 15 is 0 Å². The highest BCUT2D eigenvalue weighted by Gasteiger charge is 2.48. The number of carbonyl (C=O) groups is 2. The van der Waals surface area contributed by atoms with E-state index in [-0.39, 0.29) is 22.2 Å². The number of halogens is 1. The van der Waals surface area contributed by atoms with E-state index in [9.17, 15) is 14.7 Å². The monoisotopic (exact) mass is 615 g/mol. The Bertz CT molecular complexity index is 1880. The first-order valence-electron chi connectivity index (χ1n) is 13.3. The van der Waals surface area contributed by atoms with Crippen LogP contribution in [0.3, 0.4) is 0 Å². The average Bonchev–Trinajstić information content (AvgIpc) is 3.67. The molecule has 2 aromatic carbocycles. The number of aliphatic hydroxyl groups is 1. The van der Waals surface area contributed by atoms with Gasteiger partial charge in [0.15, 0.2) is 10.1 Å². The Morgan fingerprint density at radius 1 is 1.05 bits per heavy atom. The molecule has 0 radical (unpaired) electrons. The first kappa shape index (κ1) is 28.1. The number of rotatable bonds is 7. The number of benzene rings is 2. The fourth-order valence-corrected chi connectivity index (χ4v) is 7.22. The zero-order valence-corrected chi connectivity index (χ0v) is 25.4. The molecule has 5 aromatic rings. The van der Waals surface area contributed by atoms with Crippen LogP contribution in [0.4, 0.5) is 5.13 Å². The Morgan fingerprint density at radius 3 is 2.52 bits per heavy atom. The molecule has 1 atom stereocenters. The average molecular weight is 616 g/mol. The summed E-state index contributed by atoms with van der Waals surface area (Å²) in [4.78, 5) is 33.3. The zero-order chi connectivity index (χ0) is 29.5. The molecule has 1 amide bonds. The molecule has 42 heavy (non-hydrogen) atoms. The topological polar surface area (TPSA) is 101 Å². The maximum atomic E-state index is 13.7. The van der Waals surface area contributed by atoms with Crippen molar-refractivity contribution in [3.63, 3.8) is 0 Å². The first-order chi connectivity index (χ1) is 20.3. The lowest BCUT2D eigenvalue weighted by atomic mass is 9.95. The number of pyridine rings is 1. The van der Waals surface area contributed by atoms with E-state index in [4.69, 9.17) is 11.6 Å². The molecule has 6 rings (SSSR count). The van der Waals surface area contributed by atoms with Crippen LogP contribution in [0.1, 0.15) is 46.6 Å². The number of hydrogen-bond donors (Lipinski definition) is 1. The lowest BCUT2D eigenvalue weighted by Crippen LogP contribution is -2.29. The maximum Gasteiger partial charge on any atom is 0.301 e. The molecule has 0 aliphatic carbocycles. The van der Waals surface area contributed by atoms with E-state index in [2.05, 4.69) is 22.1 Å². The van der Waals surface area contributed by atoms with Gasteiger partial charge < -0.3 is 9.51 Å². The molecule has 212 valence electrons. The number of carbonyl (C=O) groups excluding carboxylic acids is 2. The van der Waals surface area contributed by atoms with Gasteiger partial charge in [-0.25, -0.2) is 4.98 Å². The van der Waals surface area contributed by atoms with E-state index in [1.54, 1.807) is 0 Å². The third-order valence-electron chi connectivity index (χ3n) is 7.37. The number of anilines is 1. The Morgan fingerprint density at radius 2 is 1.81 bits per heavy atom. The largest absolute Gasteiger partial charge is 0.505 e. The summed E-state index contributed by atoms with van der Waals surface area (Å²) in [5.41, 5.74) is 5.20. The van der Waals surface area contributed by atoms with Gasteiger partial charge in [-0.15, -0.1) is 10.2 Å². The third kappa shape index (κ3) is 4.89. The van der Waals surface area contributed by atoms with Gasteiger partial charge in [0.05, 0.1) is 17.3 Å². The minimum atomic E-state index is -0.907. The molecule has 1 unspecified atom stereocenters. The molecule has 4 heterocycles. The van der Waals surface area contributed by atoms with Gasteiger partial charge in [-0.2, -0.15) is 0 Å². The maximum absolute atomic E-state index is 13.7. The molecular weight excluding hydrogens is 590 g/mol. The van der Waals surface area contributed by atoms with Crippen molar-refractivity contribution in [2.75, 3.05) is 4.90 Å². The van der Waals surface area contributed by atoms with Crippen molar-refractivity contribution in [3.05, 3.63) is 111 Å². The van der Waals surface area contributed by atoms with Gasteiger partial charge >= 0.3 is 5.91 Å². The normalized spacial score (nSPS) is 16.6. The van der Waals surface area contributed by atoms with Gasteiger partial charge in [0.1, 0.15) is 11.3 Å². The molecule has 3 aromatic heterocycles. The van der Waals surface area contributed by atoms with Gasteiger partial charge in [-0.05, 0) is 54.7 Å². The summed E-state index contributed by atoms with van der Waals surface area (Å²) >= 11 is 8.97. The lowest BCUT2D eigenvalue weighted by molar-refractivity contribution is -0.132. The lowest BCUT2D eigenvalue weighted by Gasteiger charge is -2.22.